The molecule has 210 valence electrons. The molecule has 0 spiro atoms. The molecular weight excluding hydrogens is 446 g/mol. The summed E-state index contributed by atoms with van der Waals surface area (Å²) in [5, 5.41) is 8.41. The van der Waals surface area contributed by atoms with E-state index in [0.717, 1.165) is 52.6 Å². The van der Waals surface area contributed by atoms with Crippen molar-refractivity contribution in [2.45, 2.75) is 133 Å². The van der Waals surface area contributed by atoms with Crippen LogP contribution in [0.5, 0.6) is 0 Å². The fourth-order valence-electron chi connectivity index (χ4n) is 9.36. The third-order valence-electron chi connectivity index (χ3n) is 11.2. The van der Waals surface area contributed by atoms with Crippen LogP contribution < -0.4 is 0 Å². The molecule has 4 aliphatic rings. The summed E-state index contributed by atoms with van der Waals surface area (Å²) in [5.74, 6) is 7.37. The summed E-state index contributed by atoms with van der Waals surface area (Å²) in [5.41, 5.74) is 3.23. The van der Waals surface area contributed by atoms with Gasteiger partial charge in [0.15, 0.2) is 0 Å². The molecule has 1 nitrogen and oxygen atoms in total. The largest absolute Gasteiger partial charge is 0.192 e. The van der Waals surface area contributed by atoms with E-state index in [-0.39, 0.29) is 0 Å². The van der Waals surface area contributed by atoms with Crippen LogP contribution in [0.25, 0.3) is 0 Å². The second kappa shape index (κ2) is 14.2. The van der Waals surface area contributed by atoms with Gasteiger partial charge in [-0.25, -0.2) is 0 Å². The van der Waals surface area contributed by atoms with Crippen molar-refractivity contribution in [3.63, 3.8) is 0 Å². The number of benzene rings is 1. The lowest BCUT2D eigenvalue weighted by atomic mass is 9.47. The molecule has 0 aromatic heterocycles. The molecule has 0 N–H and O–H groups in total. The molecule has 0 aliphatic heterocycles. The monoisotopic (exact) mass is 507 g/mol. The Morgan fingerprint density at radius 2 is 1.57 bits per heavy atom. The molecule has 0 saturated heterocycles. The van der Waals surface area contributed by atoms with E-state index in [9.17, 15) is 0 Å². The maximum Gasteiger partial charge on any atom is 0.0991 e. The Bertz CT molecular complexity index is 848. The maximum absolute atomic E-state index is 8.41. The van der Waals surface area contributed by atoms with Crippen molar-refractivity contribution >= 4 is 0 Å². The number of aryl methyl sites for hydroxylation is 1. The quantitative estimate of drug-likeness (QED) is 0.390. The molecular formula is C36H61N. The zero-order chi connectivity index (χ0) is 27.8. The predicted molar refractivity (Wildman–Crippen MR) is 162 cm³/mol. The van der Waals surface area contributed by atoms with Gasteiger partial charge in [-0.2, -0.15) is 5.26 Å². The normalized spacial score (nSPS) is 37.6. The predicted octanol–water partition coefficient (Wildman–Crippen LogP) is 11.2. The minimum Gasteiger partial charge on any atom is -0.192 e. The third kappa shape index (κ3) is 7.02. The van der Waals surface area contributed by atoms with Crippen LogP contribution in [0.15, 0.2) is 24.3 Å². The molecule has 4 fully saturated rings. The number of nitriles is 1. The Labute approximate surface area is 232 Å². The molecule has 0 amide bonds. The van der Waals surface area contributed by atoms with E-state index in [0.29, 0.717) is 10.8 Å². The number of nitrogens with zero attached hydrogens (tertiary/aromatic N) is 1. The van der Waals surface area contributed by atoms with E-state index in [1.807, 2.05) is 52.8 Å². The molecule has 0 bridgehead atoms. The van der Waals surface area contributed by atoms with Crippen molar-refractivity contribution in [1.29, 1.82) is 5.26 Å². The summed E-state index contributed by atoms with van der Waals surface area (Å²) in [6.45, 7) is 22.7. The molecule has 0 heterocycles. The van der Waals surface area contributed by atoms with Crippen LogP contribution >= 0.6 is 0 Å². The van der Waals surface area contributed by atoms with Gasteiger partial charge >= 0.3 is 0 Å². The second-order valence-corrected chi connectivity index (χ2v) is 13.3. The average Bonchev–Trinajstić information content (AvgIpc) is 3.28. The summed E-state index contributed by atoms with van der Waals surface area (Å²) in [7, 11) is 0. The standard InChI is InChI=1S/C24H42.C8H7N.2C2H6/c1-6-23(4)13-11-18-17(15-23)7-8-20-19(18)12-14-24(5)21(16(2)3)9-10-22(20)24;1-7-3-2-4-8(5-7)6-9;2*1-2/h16-22H,6-15H2,1-5H3;2-5H,1H3;2*1-2H3/t17?,18?,19?,20?,21?,22-,23-,24?;;;/m0.../s1. The Hall–Kier alpha value is -1.29. The summed E-state index contributed by atoms with van der Waals surface area (Å²) < 4.78 is 0. The Balaban J connectivity index is 0.000000311. The third-order valence-corrected chi connectivity index (χ3v) is 11.2. The van der Waals surface area contributed by atoms with Crippen LogP contribution in [0.3, 0.4) is 0 Å². The molecule has 4 saturated carbocycles. The summed E-state index contributed by atoms with van der Waals surface area (Å²) in [6.07, 6.45) is 15.4. The van der Waals surface area contributed by atoms with Gasteiger partial charge in [0.2, 0.25) is 0 Å². The van der Waals surface area contributed by atoms with Crippen LogP contribution in [0.1, 0.15) is 138 Å². The van der Waals surface area contributed by atoms with Gasteiger partial charge in [0.05, 0.1) is 11.6 Å². The van der Waals surface area contributed by atoms with Crippen molar-refractivity contribution < 1.29 is 0 Å². The van der Waals surface area contributed by atoms with Gasteiger partial charge in [-0.15, -0.1) is 0 Å². The zero-order valence-corrected chi connectivity index (χ0v) is 26.4. The van der Waals surface area contributed by atoms with Gasteiger partial charge in [-0.3, -0.25) is 0 Å². The van der Waals surface area contributed by atoms with Crippen molar-refractivity contribution in [1.82, 2.24) is 0 Å². The molecule has 1 aromatic carbocycles. The van der Waals surface area contributed by atoms with Gasteiger partial charge in [0.1, 0.15) is 0 Å². The summed E-state index contributed by atoms with van der Waals surface area (Å²) in [6, 6.07) is 9.58. The molecule has 5 rings (SSSR count). The highest BCUT2D eigenvalue weighted by Gasteiger charge is 2.57. The van der Waals surface area contributed by atoms with Crippen molar-refractivity contribution in [3.05, 3.63) is 35.4 Å². The number of hydrogen-bond donors (Lipinski definition) is 0. The molecule has 8 atom stereocenters. The van der Waals surface area contributed by atoms with Crippen LogP contribution in [0.4, 0.5) is 0 Å². The average molecular weight is 508 g/mol. The van der Waals surface area contributed by atoms with Gasteiger partial charge in [-0.05, 0) is 135 Å². The molecule has 1 heteroatoms. The molecule has 6 unspecified atom stereocenters. The fraction of sp³-hybridized carbons (Fsp3) is 0.806. The topological polar surface area (TPSA) is 23.8 Å². The fourth-order valence-corrected chi connectivity index (χ4v) is 9.36. The van der Waals surface area contributed by atoms with E-state index in [1.54, 1.807) is 51.0 Å². The first-order valence-corrected chi connectivity index (χ1v) is 16.2. The molecule has 4 aliphatic carbocycles. The van der Waals surface area contributed by atoms with Crippen LogP contribution in [0, 0.1) is 70.5 Å². The highest BCUT2D eigenvalue weighted by molar-refractivity contribution is 5.31. The second-order valence-electron chi connectivity index (χ2n) is 13.3. The van der Waals surface area contributed by atoms with E-state index in [1.165, 1.54) is 19.3 Å². The minimum atomic E-state index is 0.674. The highest BCUT2D eigenvalue weighted by Crippen LogP contribution is 2.66. The first-order chi connectivity index (χ1) is 17.7. The molecule has 1 aromatic rings. The first kappa shape index (κ1) is 31.9. The summed E-state index contributed by atoms with van der Waals surface area (Å²) >= 11 is 0. The van der Waals surface area contributed by atoms with E-state index < -0.39 is 0 Å². The minimum absolute atomic E-state index is 0.674. The number of fused-ring (bicyclic) bond motifs is 5. The molecule has 37 heavy (non-hydrogen) atoms. The number of hydrogen-bond acceptors (Lipinski definition) is 1. The van der Waals surface area contributed by atoms with Crippen LogP contribution in [-0.4, -0.2) is 0 Å². The van der Waals surface area contributed by atoms with Crippen molar-refractivity contribution in [3.8, 4) is 6.07 Å². The van der Waals surface area contributed by atoms with Gasteiger partial charge in [0, 0.05) is 0 Å². The smallest absolute Gasteiger partial charge is 0.0991 e. The zero-order valence-electron chi connectivity index (χ0n) is 26.4. The Kier molecular flexibility index (Phi) is 12.2. The van der Waals surface area contributed by atoms with Crippen molar-refractivity contribution in [2.24, 2.45) is 52.3 Å². The maximum atomic E-state index is 8.41. The number of rotatable bonds is 2. The van der Waals surface area contributed by atoms with E-state index >= 15 is 0 Å². The Morgan fingerprint density at radius 1 is 0.892 bits per heavy atom. The van der Waals surface area contributed by atoms with E-state index in [4.69, 9.17) is 5.26 Å². The summed E-state index contributed by atoms with van der Waals surface area (Å²) in [4.78, 5) is 0. The van der Waals surface area contributed by atoms with Crippen LogP contribution in [0.2, 0.25) is 0 Å². The highest BCUT2D eigenvalue weighted by atomic mass is 14.6. The SMILES string of the molecule is CC.CC.CC[C@@]1(C)CCC2C(CCC3C2CCC2(C)C(C(C)C)CC[C@@H]32)C1.Cc1cccc(C#N)c1. The van der Waals surface area contributed by atoms with Gasteiger partial charge in [-0.1, -0.05) is 80.9 Å². The van der Waals surface area contributed by atoms with Crippen LogP contribution in [-0.2, 0) is 0 Å². The van der Waals surface area contributed by atoms with E-state index in [2.05, 4.69) is 40.7 Å². The lowest BCUT2D eigenvalue weighted by Gasteiger charge is -2.58. The lowest BCUT2D eigenvalue weighted by Crippen LogP contribution is -2.49. The van der Waals surface area contributed by atoms with Gasteiger partial charge < -0.3 is 0 Å². The van der Waals surface area contributed by atoms with Gasteiger partial charge in [0.25, 0.3) is 0 Å². The molecule has 0 radical (unpaired) electrons. The lowest BCUT2D eigenvalue weighted by molar-refractivity contribution is -0.0822. The first-order valence-electron chi connectivity index (χ1n) is 16.2. The Morgan fingerprint density at radius 3 is 2.14 bits per heavy atom. The van der Waals surface area contributed by atoms with Crippen molar-refractivity contribution in [2.75, 3.05) is 0 Å².